The third-order valence-corrected chi connectivity index (χ3v) is 2.86. The third-order valence-electron chi connectivity index (χ3n) is 2.86. The zero-order valence-electron chi connectivity index (χ0n) is 10.8. The van der Waals surface area contributed by atoms with E-state index in [2.05, 4.69) is 4.98 Å². The lowest BCUT2D eigenvalue weighted by atomic mass is 10.2. The second kappa shape index (κ2) is 6.31. The molecule has 4 heteroatoms. The Labute approximate surface area is 112 Å². The zero-order valence-corrected chi connectivity index (χ0v) is 10.8. The van der Waals surface area contributed by atoms with Crippen molar-refractivity contribution in [1.82, 2.24) is 4.98 Å². The van der Waals surface area contributed by atoms with Crippen LogP contribution in [0.4, 0.5) is 0 Å². The fourth-order valence-corrected chi connectivity index (χ4v) is 1.72. The third kappa shape index (κ3) is 3.30. The maximum absolute atomic E-state index is 9.66. The van der Waals surface area contributed by atoms with Crippen LogP contribution in [0.1, 0.15) is 30.7 Å². The Balaban J connectivity index is 2.15. The van der Waals surface area contributed by atoms with Crippen LogP contribution in [0.25, 0.3) is 0 Å². The van der Waals surface area contributed by atoms with Crippen molar-refractivity contribution in [2.75, 3.05) is 0 Å². The van der Waals surface area contributed by atoms with Gasteiger partial charge in [-0.15, -0.1) is 0 Å². The van der Waals surface area contributed by atoms with Gasteiger partial charge in [0.2, 0.25) is 0 Å². The molecule has 0 radical (unpaired) electrons. The fourth-order valence-electron chi connectivity index (χ4n) is 1.72. The number of aromatic nitrogens is 1. The number of benzene rings is 1. The minimum absolute atomic E-state index is 0.0732. The van der Waals surface area contributed by atoms with Crippen LogP contribution in [0.2, 0.25) is 0 Å². The van der Waals surface area contributed by atoms with Crippen LogP contribution in [-0.2, 0) is 6.61 Å². The average Bonchev–Trinajstić information content (AvgIpc) is 2.48. The summed E-state index contributed by atoms with van der Waals surface area (Å²) in [5, 5.41) is 18.9. The Morgan fingerprint density at radius 3 is 2.63 bits per heavy atom. The molecule has 0 aliphatic carbocycles. The van der Waals surface area contributed by atoms with Crippen molar-refractivity contribution in [2.45, 2.75) is 26.1 Å². The van der Waals surface area contributed by atoms with Crippen LogP contribution in [0.5, 0.6) is 11.5 Å². The molecule has 1 heterocycles. The minimum Gasteiger partial charge on any atom is -0.455 e. The van der Waals surface area contributed by atoms with Crippen molar-refractivity contribution in [3.05, 3.63) is 53.9 Å². The van der Waals surface area contributed by atoms with Crippen LogP contribution < -0.4 is 4.74 Å². The molecule has 1 unspecified atom stereocenters. The summed E-state index contributed by atoms with van der Waals surface area (Å²) >= 11 is 0. The second-order valence-corrected chi connectivity index (χ2v) is 4.21. The first kappa shape index (κ1) is 13.5. The van der Waals surface area contributed by atoms with Crippen molar-refractivity contribution in [3.63, 3.8) is 0 Å². The summed E-state index contributed by atoms with van der Waals surface area (Å²) in [5.41, 5.74) is 1.35. The van der Waals surface area contributed by atoms with E-state index < -0.39 is 6.10 Å². The van der Waals surface area contributed by atoms with E-state index >= 15 is 0 Å². The van der Waals surface area contributed by atoms with Crippen molar-refractivity contribution in [1.29, 1.82) is 0 Å². The van der Waals surface area contributed by atoms with Crippen molar-refractivity contribution >= 4 is 0 Å². The van der Waals surface area contributed by atoms with E-state index in [4.69, 9.17) is 4.74 Å². The summed E-state index contributed by atoms with van der Waals surface area (Å²) in [6.45, 7) is 1.82. The highest BCUT2D eigenvalue weighted by atomic mass is 16.5. The van der Waals surface area contributed by atoms with E-state index in [0.29, 0.717) is 23.6 Å². The van der Waals surface area contributed by atoms with E-state index in [-0.39, 0.29) is 6.61 Å². The van der Waals surface area contributed by atoms with E-state index in [1.165, 1.54) is 0 Å². The van der Waals surface area contributed by atoms with Gasteiger partial charge < -0.3 is 14.9 Å². The van der Waals surface area contributed by atoms with Crippen molar-refractivity contribution < 1.29 is 14.9 Å². The molecule has 0 amide bonds. The number of aliphatic hydroxyl groups is 2. The predicted octanol–water partition coefficient (Wildman–Crippen LogP) is 2.81. The molecule has 1 atom stereocenters. The summed E-state index contributed by atoms with van der Waals surface area (Å²) in [5.74, 6) is 1.18. The average molecular weight is 259 g/mol. The molecular weight excluding hydrogens is 242 g/mol. The lowest BCUT2D eigenvalue weighted by Crippen LogP contribution is -1.98. The van der Waals surface area contributed by atoms with Gasteiger partial charge in [-0.3, -0.25) is 4.98 Å². The van der Waals surface area contributed by atoms with Gasteiger partial charge in [-0.1, -0.05) is 25.1 Å². The highest BCUT2D eigenvalue weighted by Crippen LogP contribution is 2.25. The lowest BCUT2D eigenvalue weighted by molar-refractivity contribution is 0.169. The number of para-hydroxylation sites is 1. The topological polar surface area (TPSA) is 62.6 Å². The van der Waals surface area contributed by atoms with E-state index in [9.17, 15) is 10.2 Å². The molecule has 19 heavy (non-hydrogen) atoms. The molecule has 100 valence electrons. The van der Waals surface area contributed by atoms with E-state index in [0.717, 1.165) is 5.56 Å². The highest BCUT2D eigenvalue weighted by molar-refractivity contribution is 5.36. The molecule has 0 aliphatic heterocycles. The molecule has 0 bridgehead atoms. The van der Waals surface area contributed by atoms with Gasteiger partial charge in [-0.05, 0) is 24.6 Å². The first-order valence-electron chi connectivity index (χ1n) is 6.25. The van der Waals surface area contributed by atoms with Gasteiger partial charge in [0.15, 0.2) is 0 Å². The first-order chi connectivity index (χ1) is 9.24. The lowest BCUT2D eigenvalue weighted by Gasteiger charge is -2.11. The SMILES string of the molecule is CCC(O)c1ccc(Oc2ccccc2CO)cn1. The molecule has 0 saturated heterocycles. The van der Waals surface area contributed by atoms with Gasteiger partial charge in [0.05, 0.1) is 24.6 Å². The van der Waals surface area contributed by atoms with Crippen LogP contribution >= 0.6 is 0 Å². The summed E-state index contributed by atoms with van der Waals surface area (Å²) in [6.07, 6.45) is 1.65. The van der Waals surface area contributed by atoms with E-state index in [1.807, 2.05) is 19.1 Å². The summed E-state index contributed by atoms with van der Waals surface area (Å²) < 4.78 is 5.66. The Morgan fingerprint density at radius 2 is 2.00 bits per heavy atom. The van der Waals surface area contributed by atoms with Crippen LogP contribution in [0.15, 0.2) is 42.6 Å². The number of hydrogen-bond donors (Lipinski definition) is 2. The van der Waals surface area contributed by atoms with Crippen molar-refractivity contribution in [2.24, 2.45) is 0 Å². The quantitative estimate of drug-likeness (QED) is 0.866. The molecule has 1 aromatic heterocycles. The molecular formula is C15H17NO3. The Morgan fingerprint density at radius 1 is 1.21 bits per heavy atom. The molecule has 0 saturated carbocycles. The van der Waals surface area contributed by atoms with Gasteiger partial charge >= 0.3 is 0 Å². The monoisotopic (exact) mass is 259 g/mol. The molecule has 4 nitrogen and oxygen atoms in total. The van der Waals surface area contributed by atoms with E-state index in [1.54, 1.807) is 30.5 Å². The number of rotatable bonds is 5. The maximum Gasteiger partial charge on any atom is 0.145 e. The van der Waals surface area contributed by atoms with Gasteiger partial charge in [-0.25, -0.2) is 0 Å². The Bertz CT molecular complexity index is 525. The zero-order chi connectivity index (χ0) is 13.7. The van der Waals surface area contributed by atoms with Gasteiger partial charge in [-0.2, -0.15) is 0 Å². The van der Waals surface area contributed by atoms with Gasteiger partial charge in [0.1, 0.15) is 11.5 Å². The molecule has 0 spiro atoms. The highest BCUT2D eigenvalue weighted by Gasteiger charge is 2.07. The molecule has 0 aliphatic rings. The fraction of sp³-hybridized carbons (Fsp3) is 0.267. The van der Waals surface area contributed by atoms with Crippen LogP contribution in [-0.4, -0.2) is 15.2 Å². The summed E-state index contributed by atoms with van der Waals surface area (Å²) in [6, 6.07) is 10.8. The van der Waals surface area contributed by atoms with Crippen LogP contribution in [0, 0.1) is 0 Å². The Hall–Kier alpha value is -1.91. The number of nitrogens with zero attached hydrogens (tertiary/aromatic N) is 1. The Kier molecular flexibility index (Phi) is 4.49. The predicted molar refractivity (Wildman–Crippen MR) is 71.9 cm³/mol. The van der Waals surface area contributed by atoms with Gasteiger partial charge in [0, 0.05) is 5.56 Å². The molecule has 2 aromatic rings. The molecule has 2 rings (SSSR count). The summed E-state index contributed by atoms with van der Waals surface area (Å²) in [7, 11) is 0. The summed E-state index contributed by atoms with van der Waals surface area (Å²) in [4.78, 5) is 4.16. The molecule has 2 N–H and O–H groups in total. The number of hydrogen-bond acceptors (Lipinski definition) is 4. The molecule has 1 aromatic carbocycles. The number of pyridine rings is 1. The van der Waals surface area contributed by atoms with Gasteiger partial charge in [0.25, 0.3) is 0 Å². The smallest absolute Gasteiger partial charge is 0.145 e. The largest absolute Gasteiger partial charge is 0.455 e. The maximum atomic E-state index is 9.66. The number of aliphatic hydroxyl groups excluding tert-OH is 2. The molecule has 0 fully saturated rings. The first-order valence-corrected chi connectivity index (χ1v) is 6.25. The normalized spacial score (nSPS) is 12.2. The second-order valence-electron chi connectivity index (χ2n) is 4.21. The minimum atomic E-state index is -0.543. The number of ether oxygens (including phenoxy) is 1. The van der Waals surface area contributed by atoms with Crippen molar-refractivity contribution in [3.8, 4) is 11.5 Å². The van der Waals surface area contributed by atoms with Crippen LogP contribution in [0.3, 0.4) is 0 Å². The standard InChI is InChI=1S/C15H17NO3/c1-2-14(18)13-8-7-12(9-16-13)19-15-6-4-3-5-11(15)10-17/h3-9,14,17-18H,2,10H2,1H3.